The first kappa shape index (κ1) is 19.5. The van der Waals surface area contributed by atoms with Crippen molar-refractivity contribution in [2.45, 2.75) is 32.2 Å². The third-order valence-electron chi connectivity index (χ3n) is 5.19. The van der Waals surface area contributed by atoms with E-state index < -0.39 is 0 Å². The number of carbonyl (C=O) groups excluding carboxylic acids is 2. The lowest BCUT2D eigenvalue weighted by Gasteiger charge is -2.08. The van der Waals surface area contributed by atoms with Crippen LogP contribution in [0.4, 0.5) is 5.13 Å². The van der Waals surface area contributed by atoms with E-state index in [-0.39, 0.29) is 23.8 Å². The summed E-state index contributed by atoms with van der Waals surface area (Å²) in [5.41, 5.74) is 4.09. The first-order chi connectivity index (χ1) is 13.9. The van der Waals surface area contributed by atoms with Crippen LogP contribution in [0.3, 0.4) is 0 Å². The number of carbonyl (C=O) groups is 2. The Morgan fingerprint density at radius 1 is 1.24 bits per heavy atom. The van der Waals surface area contributed by atoms with Gasteiger partial charge in [-0.2, -0.15) is 0 Å². The summed E-state index contributed by atoms with van der Waals surface area (Å²) >= 11 is 1.38. The third kappa shape index (κ3) is 3.99. The van der Waals surface area contributed by atoms with Crippen molar-refractivity contribution < 1.29 is 14.3 Å². The molecule has 2 atom stereocenters. The summed E-state index contributed by atoms with van der Waals surface area (Å²) in [7, 11) is 1.39. The number of hydrogen-bond acceptors (Lipinski definition) is 7. The Bertz CT molecular complexity index is 1090. The second kappa shape index (κ2) is 7.88. The molecule has 1 fully saturated rings. The van der Waals surface area contributed by atoms with Crippen molar-refractivity contribution >= 4 is 39.2 Å². The van der Waals surface area contributed by atoms with Crippen molar-refractivity contribution in [3.05, 3.63) is 52.2 Å². The van der Waals surface area contributed by atoms with Gasteiger partial charge in [-0.1, -0.05) is 12.1 Å². The highest BCUT2D eigenvalue weighted by Gasteiger charge is 2.32. The molecule has 1 aliphatic rings. The van der Waals surface area contributed by atoms with E-state index in [1.165, 1.54) is 18.4 Å². The Morgan fingerprint density at radius 3 is 2.86 bits per heavy atom. The zero-order chi connectivity index (χ0) is 20.5. The Labute approximate surface area is 172 Å². The van der Waals surface area contributed by atoms with Crippen molar-refractivity contribution in [1.82, 2.24) is 15.3 Å². The van der Waals surface area contributed by atoms with Gasteiger partial charge >= 0.3 is 5.97 Å². The Hall–Kier alpha value is -2.84. The first-order valence-corrected chi connectivity index (χ1v) is 10.3. The molecule has 2 unspecified atom stereocenters. The van der Waals surface area contributed by atoms with Gasteiger partial charge in [0, 0.05) is 23.2 Å². The normalized spacial score (nSPS) is 18.7. The number of anilines is 1. The minimum absolute atomic E-state index is 0.119. The highest BCUT2D eigenvalue weighted by molar-refractivity contribution is 7.14. The average Bonchev–Trinajstić information content (AvgIpc) is 3.36. The Morgan fingerprint density at radius 2 is 2.07 bits per heavy atom. The van der Waals surface area contributed by atoms with Crippen molar-refractivity contribution in [1.29, 1.82) is 0 Å². The van der Waals surface area contributed by atoms with Crippen LogP contribution in [-0.2, 0) is 9.53 Å². The second-order valence-corrected chi connectivity index (χ2v) is 8.12. The van der Waals surface area contributed by atoms with Crippen LogP contribution in [-0.4, -0.2) is 41.5 Å². The van der Waals surface area contributed by atoms with Crippen LogP contribution in [0.5, 0.6) is 0 Å². The topological polar surface area (TPSA) is 93.2 Å². The molecule has 2 N–H and O–H groups in total. The van der Waals surface area contributed by atoms with E-state index in [2.05, 4.69) is 20.6 Å². The predicted molar refractivity (Wildman–Crippen MR) is 112 cm³/mol. The molecule has 1 saturated heterocycles. The van der Waals surface area contributed by atoms with Gasteiger partial charge in [0.1, 0.15) is 6.04 Å². The van der Waals surface area contributed by atoms with Gasteiger partial charge in [-0.15, -0.1) is 11.3 Å². The van der Waals surface area contributed by atoms with Crippen LogP contribution in [0.25, 0.3) is 10.9 Å². The van der Waals surface area contributed by atoms with Crippen LogP contribution in [0, 0.1) is 13.8 Å². The molecular weight excluding hydrogens is 388 g/mol. The maximum Gasteiger partial charge on any atom is 0.322 e. The van der Waals surface area contributed by atoms with Crippen molar-refractivity contribution in [3.8, 4) is 0 Å². The number of pyridine rings is 1. The van der Waals surface area contributed by atoms with Gasteiger partial charge in [-0.25, -0.2) is 4.98 Å². The van der Waals surface area contributed by atoms with Crippen LogP contribution in [0.2, 0.25) is 0 Å². The van der Waals surface area contributed by atoms with Gasteiger partial charge in [0.05, 0.1) is 29.6 Å². The number of amides is 1. The summed E-state index contributed by atoms with van der Waals surface area (Å²) in [5, 5.41) is 9.43. The molecule has 0 aliphatic carbocycles. The maximum absolute atomic E-state index is 12.8. The SMILES string of the molecule is COC(=O)C1CC(c2csc(NC(=O)c3cc4ccc(C)cc4nc3C)n2)CN1. The highest BCUT2D eigenvalue weighted by Crippen LogP contribution is 2.29. The molecule has 7 nitrogen and oxygen atoms in total. The molecule has 1 aliphatic heterocycles. The van der Waals surface area contributed by atoms with Crippen molar-refractivity contribution in [3.63, 3.8) is 0 Å². The second-order valence-electron chi connectivity index (χ2n) is 7.27. The Kier molecular flexibility index (Phi) is 5.29. The molecule has 0 spiro atoms. The minimum Gasteiger partial charge on any atom is -0.468 e. The summed E-state index contributed by atoms with van der Waals surface area (Å²) in [4.78, 5) is 33.6. The molecule has 150 valence electrons. The first-order valence-electron chi connectivity index (χ1n) is 9.40. The fourth-order valence-electron chi connectivity index (χ4n) is 3.58. The monoisotopic (exact) mass is 410 g/mol. The number of benzene rings is 1. The third-order valence-corrected chi connectivity index (χ3v) is 5.96. The van der Waals surface area contributed by atoms with Crippen LogP contribution >= 0.6 is 11.3 Å². The van der Waals surface area contributed by atoms with Gasteiger partial charge in [0.25, 0.3) is 5.91 Å². The number of rotatable bonds is 4. The van der Waals surface area contributed by atoms with Gasteiger partial charge in [0.15, 0.2) is 5.13 Å². The highest BCUT2D eigenvalue weighted by atomic mass is 32.1. The molecule has 3 aromatic rings. The minimum atomic E-state index is -0.306. The molecule has 3 heterocycles. The fourth-order valence-corrected chi connectivity index (χ4v) is 4.37. The molecule has 1 amide bonds. The van der Waals surface area contributed by atoms with E-state index in [0.717, 1.165) is 22.2 Å². The number of thiazole rings is 1. The van der Waals surface area contributed by atoms with E-state index >= 15 is 0 Å². The quantitative estimate of drug-likeness (QED) is 0.642. The smallest absolute Gasteiger partial charge is 0.322 e. The number of nitrogens with one attached hydrogen (secondary N) is 2. The lowest BCUT2D eigenvalue weighted by atomic mass is 10.0. The average molecular weight is 410 g/mol. The van der Waals surface area contributed by atoms with E-state index in [0.29, 0.717) is 29.4 Å². The molecule has 0 radical (unpaired) electrons. The zero-order valence-electron chi connectivity index (χ0n) is 16.5. The molecule has 0 bridgehead atoms. The van der Waals surface area contributed by atoms with Crippen molar-refractivity contribution in [2.75, 3.05) is 19.0 Å². The lowest BCUT2D eigenvalue weighted by molar-refractivity contribution is -0.142. The lowest BCUT2D eigenvalue weighted by Crippen LogP contribution is -2.31. The largest absolute Gasteiger partial charge is 0.468 e. The predicted octanol–water partition coefficient (Wildman–Crippen LogP) is 3.18. The molecule has 8 heteroatoms. The number of hydrogen-bond donors (Lipinski definition) is 2. The number of nitrogens with zero attached hydrogens (tertiary/aromatic N) is 2. The molecule has 1 aromatic carbocycles. The molecular formula is C21H22N4O3S. The molecule has 2 aromatic heterocycles. The maximum atomic E-state index is 12.8. The number of fused-ring (bicyclic) bond motifs is 1. The number of ether oxygens (including phenoxy) is 1. The summed E-state index contributed by atoms with van der Waals surface area (Å²) in [6.45, 7) is 4.51. The summed E-state index contributed by atoms with van der Waals surface area (Å²) in [6, 6.07) is 7.54. The van der Waals surface area contributed by atoms with Crippen LogP contribution in [0.15, 0.2) is 29.6 Å². The van der Waals surface area contributed by atoms with Crippen molar-refractivity contribution in [2.24, 2.45) is 0 Å². The van der Waals surface area contributed by atoms with Gasteiger partial charge in [-0.05, 0) is 38.0 Å². The van der Waals surface area contributed by atoms with E-state index in [1.807, 2.05) is 43.5 Å². The number of esters is 1. The summed E-state index contributed by atoms with van der Waals surface area (Å²) in [6.07, 6.45) is 0.636. The Balaban J connectivity index is 1.48. The number of methoxy groups -OCH3 is 1. The van der Waals surface area contributed by atoms with Gasteiger partial charge < -0.3 is 10.1 Å². The van der Waals surface area contributed by atoms with Gasteiger partial charge in [0.2, 0.25) is 0 Å². The fraction of sp³-hybridized carbons (Fsp3) is 0.333. The van der Waals surface area contributed by atoms with E-state index in [1.54, 1.807) is 0 Å². The van der Waals surface area contributed by atoms with E-state index in [9.17, 15) is 9.59 Å². The zero-order valence-corrected chi connectivity index (χ0v) is 17.3. The molecule has 29 heavy (non-hydrogen) atoms. The standard InChI is InChI=1S/C21H22N4O3S/c1-11-4-5-13-7-15(12(2)23-16(13)6-11)19(26)25-21-24-18(10-29-21)14-8-17(22-9-14)20(27)28-3/h4-7,10,14,17,22H,8-9H2,1-3H3,(H,24,25,26). The van der Waals surface area contributed by atoms with Crippen LogP contribution in [0.1, 0.15) is 39.6 Å². The van der Waals surface area contributed by atoms with Gasteiger partial charge in [-0.3, -0.25) is 19.9 Å². The number of aromatic nitrogens is 2. The summed E-state index contributed by atoms with van der Waals surface area (Å²) in [5.74, 6) is -0.366. The van der Waals surface area contributed by atoms with Crippen LogP contribution < -0.4 is 10.6 Å². The summed E-state index contributed by atoms with van der Waals surface area (Å²) < 4.78 is 4.79. The molecule has 4 rings (SSSR count). The molecule has 0 saturated carbocycles. The van der Waals surface area contributed by atoms with E-state index in [4.69, 9.17) is 4.74 Å². The number of aryl methyl sites for hydroxylation is 2.